The average molecular weight is 268 g/mol. The Kier molecular flexibility index (Phi) is 5.78. The lowest BCUT2D eigenvalue weighted by atomic mass is 9.97. The van der Waals surface area contributed by atoms with Gasteiger partial charge in [0.2, 0.25) is 0 Å². The second kappa shape index (κ2) is 7.83. The van der Waals surface area contributed by atoms with Crippen molar-refractivity contribution in [1.82, 2.24) is 0 Å². The van der Waals surface area contributed by atoms with Gasteiger partial charge in [-0.2, -0.15) is 0 Å². The summed E-state index contributed by atoms with van der Waals surface area (Å²) in [7, 11) is 0. The average Bonchev–Trinajstić information content (AvgIpc) is 2.47. The van der Waals surface area contributed by atoms with E-state index in [0.29, 0.717) is 0 Å². The topological polar surface area (TPSA) is 52.0 Å². The minimum absolute atomic E-state index is 0.194. The number of rotatable bonds is 7. The van der Waals surface area contributed by atoms with Gasteiger partial charge in [0.15, 0.2) is 0 Å². The van der Waals surface area contributed by atoms with Crippen LogP contribution < -0.4 is 11.5 Å². The van der Waals surface area contributed by atoms with Gasteiger partial charge in [-0.25, -0.2) is 0 Å². The molecule has 2 unspecified atom stereocenters. The van der Waals surface area contributed by atoms with Crippen LogP contribution in [-0.2, 0) is 12.8 Å². The number of benzene rings is 2. The van der Waals surface area contributed by atoms with Gasteiger partial charge < -0.3 is 11.5 Å². The molecule has 0 amide bonds. The van der Waals surface area contributed by atoms with Gasteiger partial charge in [-0.15, -0.1) is 0 Å². The van der Waals surface area contributed by atoms with Crippen molar-refractivity contribution in [3.63, 3.8) is 0 Å². The van der Waals surface area contributed by atoms with Gasteiger partial charge in [-0.05, 0) is 36.8 Å². The number of hydrogen-bond donors (Lipinski definition) is 2. The molecule has 2 nitrogen and oxygen atoms in total. The van der Waals surface area contributed by atoms with Crippen molar-refractivity contribution in [3.8, 4) is 0 Å². The minimum Gasteiger partial charge on any atom is -0.327 e. The van der Waals surface area contributed by atoms with Crippen molar-refractivity contribution < 1.29 is 0 Å². The summed E-state index contributed by atoms with van der Waals surface area (Å²) in [6.07, 6.45) is 3.81. The van der Waals surface area contributed by atoms with Gasteiger partial charge in [-0.1, -0.05) is 60.7 Å². The third kappa shape index (κ3) is 5.16. The quantitative estimate of drug-likeness (QED) is 0.811. The van der Waals surface area contributed by atoms with Crippen molar-refractivity contribution in [2.45, 2.75) is 37.8 Å². The Morgan fingerprint density at radius 2 is 0.950 bits per heavy atom. The smallest absolute Gasteiger partial charge is 0.00799 e. The molecule has 0 saturated carbocycles. The Morgan fingerprint density at radius 3 is 1.30 bits per heavy atom. The lowest BCUT2D eigenvalue weighted by Crippen LogP contribution is -2.29. The van der Waals surface area contributed by atoms with Crippen LogP contribution in [0.2, 0.25) is 0 Å². The fourth-order valence-corrected chi connectivity index (χ4v) is 2.47. The van der Waals surface area contributed by atoms with Crippen LogP contribution in [0.15, 0.2) is 60.7 Å². The molecular weight excluding hydrogens is 244 g/mol. The molecule has 0 bridgehead atoms. The molecule has 106 valence electrons. The second-order valence-electron chi connectivity index (χ2n) is 5.48. The molecule has 2 rings (SSSR count). The van der Waals surface area contributed by atoms with E-state index in [9.17, 15) is 0 Å². The fraction of sp³-hybridized carbons (Fsp3) is 0.333. The lowest BCUT2D eigenvalue weighted by molar-refractivity contribution is 0.514. The van der Waals surface area contributed by atoms with Gasteiger partial charge in [0, 0.05) is 12.1 Å². The highest BCUT2D eigenvalue weighted by molar-refractivity contribution is 5.16. The van der Waals surface area contributed by atoms with E-state index >= 15 is 0 Å². The Balaban J connectivity index is 1.71. The maximum absolute atomic E-state index is 6.19. The Morgan fingerprint density at radius 1 is 0.600 bits per heavy atom. The summed E-state index contributed by atoms with van der Waals surface area (Å²) in [5.74, 6) is 0. The molecule has 20 heavy (non-hydrogen) atoms. The first-order chi connectivity index (χ1) is 9.74. The SMILES string of the molecule is NC(CCC(N)Cc1ccccc1)Cc1ccccc1. The maximum atomic E-state index is 6.19. The zero-order valence-electron chi connectivity index (χ0n) is 11.9. The first-order valence-electron chi connectivity index (χ1n) is 7.33. The standard InChI is InChI=1S/C18H24N2/c19-17(13-15-7-3-1-4-8-15)11-12-18(20)14-16-9-5-2-6-10-16/h1-10,17-18H,11-14,19-20H2. The van der Waals surface area contributed by atoms with Crippen molar-refractivity contribution in [3.05, 3.63) is 71.8 Å². The molecule has 0 aliphatic rings. The van der Waals surface area contributed by atoms with E-state index in [4.69, 9.17) is 11.5 Å². The largest absolute Gasteiger partial charge is 0.327 e. The van der Waals surface area contributed by atoms with Crippen LogP contribution in [0.1, 0.15) is 24.0 Å². The molecule has 0 fully saturated rings. The molecule has 0 saturated heterocycles. The van der Waals surface area contributed by atoms with Crippen LogP contribution in [0, 0.1) is 0 Å². The van der Waals surface area contributed by atoms with E-state index in [0.717, 1.165) is 25.7 Å². The van der Waals surface area contributed by atoms with Crippen LogP contribution in [0.4, 0.5) is 0 Å². The zero-order valence-corrected chi connectivity index (χ0v) is 11.9. The summed E-state index contributed by atoms with van der Waals surface area (Å²) in [6.45, 7) is 0. The highest BCUT2D eigenvalue weighted by atomic mass is 14.7. The van der Waals surface area contributed by atoms with E-state index in [1.54, 1.807) is 0 Å². The highest BCUT2D eigenvalue weighted by Gasteiger charge is 2.08. The molecule has 0 radical (unpaired) electrons. The van der Waals surface area contributed by atoms with Crippen molar-refractivity contribution in [2.75, 3.05) is 0 Å². The third-order valence-electron chi connectivity index (χ3n) is 3.59. The molecule has 0 aromatic heterocycles. The molecular formula is C18H24N2. The molecule has 4 N–H and O–H groups in total. The number of nitrogens with two attached hydrogens (primary N) is 2. The van der Waals surface area contributed by atoms with Crippen molar-refractivity contribution in [2.24, 2.45) is 11.5 Å². The number of hydrogen-bond acceptors (Lipinski definition) is 2. The second-order valence-corrected chi connectivity index (χ2v) is 5.48. The van der Waals surface area contributed by atoms with E-state index in [1.165, 1.54) is 11.1 Å². The molecule has 2 heteroatoms. The van der Waals surface area contributed by atoms with E-state index < -0.39 is 0 Å². The monoisotopic (exact) mass is 268 g/mol. The predicted molar refractivity (Wildman–Crippen MR) is 85.5 cm³/mol. The van der Waals surface area contributed by atoms with Crippen molar-refractivity contribution in [1.29, 1.82) is 0 Å². The molecule has 0 aliphatic heterocycles. The molecule has 2 aromatic carbocycles. The summed E-state index contributed by atoms with van der Waals surface area (Å²) in [5.41, 5.74) is 15.0. The zero-order chi connectivity index (χ0) is 14.2. The molecule has 0 spiro atoms. The highest BCUT2D eigenvalue weighted by Crippen LogP contribution is 2.10. The van der Waals surface area contributed by atoms with Gasteiger partial charge in [0.25, 0.3) is 0 Å². The van der Waals surface area contributed by atoms with E-state index in [2.05, 4.69) is 48.5 Å². The Bertz CT molecular complexity index is 434. The first-order valence-corrected chi connectivity index (χ1v) is 7.33. The Hall–Kier alpha value is -1.64. The van der Waals surface area contributed by atoms with Gasteiger partial charge >= 0.3 is 0 Å². The molecule has 2 atom stereocenters. The van der Waals surface area contributed by atoms with Crippen LogP contribution in [-0.4, -0.2) is 12.1 Å². The van der Waals surface area contributed by atoms with Gasteiger partial charge in [0.05, 0.1) is 0 Å². The molecule has 2 aromatic rings. The molecule has 0 aliphatic carbocycles. The van der Waals surface area contributed by atoms with Crippen LogP contribution in [0.5, 0.6) is 0 Å². The third-order valence-corrected chi connectivity index (χ3v) is 3.59. The predicted octanol–water partition coefficient (Wildman–Crippen LogP) is 2.91. The van der Waals surface area contributed by atoms with Crippen LogP contribution in [0.25, 0.3) is 0 Å². The normalized spacial score (nSPS) is 13.9. The van der Waals surface area contributed by atoms with Gasteiger partial charge in [-0.3, -0.25) is 0 Å². The lowest BCUT2D eigenvalue weighted by Gasteiger charge is -2.16. The van der Waals surface area contributed by atoms with Crippen LogP contribution in [0.3, 0.4) is 0 Å². The Labute approximate surface area is 121 Å². The summed E-state index contributed by atoms with van der Waals surface area (Å²) in [6, 6.07) is 21.2. The fourth-order valence-electron chi connectivity index (χ4n) is 2.47. The van der Waals surface area contributed by atoms with Crippen molar-refractivity contribution >= 4 is 0 Å². The van der Waals surface area contributed by atoms with Gasteiger partial charge in [0.1, 0.15) is 0 Å². The first kappa shape index (κ1) is 14.8. The summed E-state index contributed by atoms with van der Waals surface area (Å²) in [5, 5.41) is 0. The maximum Gasteiger partial charge on any atom is 0.00799 e. The summed E-state index contributed by atoms with van der Waals surface area (Å²) in [4.78, 5) is 0. The van der Waals surface area contributed by atoms with E-state index in [-0.39, 0.29) is 12.1 Å². The summed E-state index contributed by atoms with van der Waals surface area (Å²) >= 11 is 0. The summed E-state index contributed by atoms with van der Waals surface area (Å²) < 4.78 is 0. The molecule has 0 heterocycles. The minimum atomic E-state index is 0.194. The van der Waals surface area contributed by atoms with E-state index in [1.807, 2.05) is 12.1 Å². The van der Waals surface area contributed by atoms with Crippen LogP contribution >= 0.6 is 0 Å².